The molecule has 1 aliphatic rings. The van der Waals surface area contributed by atoms with Crippen molar-refractivity contribution in [1.82, 2.24) is 15.1 Å². The summed E-state index contributed by atoms with van der Waals surface area (Å²) in [5, 5.41) is 6.64. The number of ether oxygens (including phenoxy) is 2. The Balaban J connectivity index is 1.70. The van der Waals surface area contributed by atoms with Gasteiger partial charge in [0.15, 0.2) is 12.3 Å². The molecule has 1 aliphatic heterocycles. The number of benzene rings is 1. The molecule has 0 bridgehead atoms. The number of hydrogen-bond donors (Lipinski definition) is 1. The fraction of sp³-hybridized carbons (Fsp3) is 0.421. The van der Waals surface area contributed by atoms with E-state index in [1.165, 1.54) is 4.90 Å². The lowest BCUT2D eigenvalue weighted by atomic mass is 10.0. The number of nitrogens with zero attached hydrogens (tertiary/aromatic N) is 2. The van der Waals surface area contributed by atoms with Crippen LogP contribution in [0.4, 0.5) is 0 Å². The Hall–Kier alpha value is -3.23. The molecular weight excluding hydrogens is 366 g/mol. The molecule has 28 heavy (non-hydrogen) atoms. The van der Waals surface area contributed by atoms with Crippen LogP contribution in [0.2, 0.25) is 0 Å². The van der Waals surface area contributed by atoms with E-state index in [-0.39, 0.29) is 12.3 Å². The van der Waals surface area contributed by atoms with Crippen LogP contribution in [0.5, 0.6) is 0 Å². The molecule has 9 nitrogen and oxygen atoms in total. The van der Waals surface area contributed by atoms with Crippen LogP contribution < -0.4 is 5.56 Å². The van der Waals surface area contributed by atoms with E-state index in [1.807, 2.05) is 0 Å². The minimum absolute atomic E-state index is 0.0800. The number of carbonyl (C=O) groups excluding carboxylic acids is 3. The zero-order chi connectivity index (χ0) is 20.1. The summed E-state index contributed by atoms with van der Waals surface area (Å²) in [7, 11) is 0. The smallest absolute Gasteiger partial charge is 0.359 e. The molecule has 2 aromatic rings. The quantitative estimate of drug-likeness (QED) is 0.761. The summed E-state index contributed by atoms with van der Waals surface area (Å²) >= 11 is 0. The van der Waals surface area contributed by atoms with Gasteiger partial charge in [0.2, 0.25) is 0 Å². The van der Waals surface area contributed by atoms with Gasteiger partial charge in [0.05, 0.1) is 12.0 Å². The Morgan fingerprint density at radius 2 is 1.93 bits per heavy atom. The van der Waals surface area contributed by atoms with E-state index in [4.69, 9.17) is 9.47 Å². The summed E-state index contributed by atoms with van der Waals surface area (Å²) in [6.07, 6.45) is 2.10. The SMILES string of the molecule is CCOC(=O)[C@@H]1CCCCN1C(=O)COC(=O)c1n[nH]c(=O)c2ccccc12. The number of fused-ring (bicyclic) bond motifs is 1. The molecule has 2 heterocycles. The molecule has 1 fully saturated rings. The Kier molecular flexibility index (Phi) is 6.03. The lowest BCUT2D eigenvalue weighted by molar-refractivity contribution is -0.157. The molecule has 0 aliphatic carbocycles. The Labute approximate surface area is 160 Å². The summed E-state index contributed by atoms with van der Waals surface area (Å²) in [5.74, 6) is -1.75. The van der Waals surface area contributed by atoms with Gasteiger partial charge in [0, 0.05) is 11.9 Å². The molecule has 3 rings (SSSR count). The fourth-order valence-corrected chi connectivity index (χ4v) is 3.26. The molecule has 1 atom stereocenters. The largest absolute Gasteiger partial charge is 0.464 e. The summed E-state index contributed by atoms with van der Waals surface area (Å²) < 4.78 is 10.1. The van der Waals surface area contributed by atoms with Crippen LogP contribution in [0, 0.1) is 0 Å². The fourth-order valence-electron chi connectivity index (χ4n) is 3.26. The highest BCUT2D eigenvalue weighted by Crippen LogP contribution is 2.19. The maximum atomic E-state index is 12.5. The van der Waals surface area contributed by atoms with Crippen molar-refractivity contribution >= 4 is 28.6 Å². The maximum Gasteiger partial charge on any atom is 0.359 e. The zero-order valence-electron chi connectivity index (χ0n) is 15.5. The Morgan fingerprint density at radius 1 is 1.18 bits per heavy atom. The molecule has 148 valence electrons. The van der Waals surface area contributed by atoms with Crippen LogP contribution >= 0.6 is 0 Å². The summed E-state index contributed by atoms with van der Waals surface area (Å²) in [6.45, 7) is 1.82. The van der Waals surface area contributed by atoms with Crippen LogP contribution in [0.1, 0.15) is 36.7 Å². The number of aromatic nitrogens is 2. The third-order valence-corrected chi connectivity index (χ3v) is 4.60. The van der Waals surface area contributed by atoms with Crippen molar-refractivity contribution in [3.63, 3.8) is 0 Å². The lowest BCUT2D eigenvalue weighted by Gasteiger charge is -2.33. The van der Waals surface area contributed by atoms with Crippen molar-refractivity contribution < 1.29 is 23.9 Å². The molecule has 1 aromatic heterocycles. The van der Waals surface area contributed by atoms with E-state index in [0.29, 0.717) is 23.7 Å². The lowest BCUT2D eigenvalue weighted by Crippen LogP contribution is -2.50. The molecule has 1 saturated heterocycles. The van der Waals surface area contributed by atoms with Crippen molar-refractivity contribution in [1.29, 1.82) is 0 Å². The third kappa shape index (κ3) is 4.03. The highest BCUT2D eigenvalue weighted by Gasteiger charge is 2.33. The van der Waals surface area contributed by atoms with Crippen LogP contribution in [0.25, 0.3) is 10.8 Å². The van der Waals surface area contributed by atoms with Gasteiger partial charge in [0.1, 0.15) is 6.04 Å². The Bertz CT molecular complexity index is 954. The van der Waals surface area contributed by atoms with Gasteiger partial charge < -0.3 is 14.4 Å². The number of carbonyl (C=O) groups is 3. The first kappa shape index (κ1) is 19.5. The van der Waals surface area contributed by atoms with Gasteiger partial charge in [-0.1, -0.05) is 18.2 Å². The second-order valence-corrected chi connectivity index (χ2v) is 6.37. The molecule has 1 amide bonds. The van der Waals surface area contributed by atoms with Gasteiger partial charge in [-0.25, -0.2) is 14.7 Å². The topological polar surface area (TPSA) is 119 Å². The molecule has 9 heteroatoms. The number of amides is 1. The van der Waals surface area contributed by atoms with Crippen LogP contribution in [0.3, 0.4) is 0 Å². The van der Waals surface area contributed by atoms with Gasteiger partial charge >= 0.3 is 11.9 Å². The predicted molar refractivity (Wildman–Crippen MR) is 98.6 cm³/mol. The minimum atomic E-state index is -0.828. The second kappa shape index (κ2) is 8.64. The van der Waals surface area contributed by atoms with E-state index in [2.05, 4.69) is 10.2 Å². The monoisotopic (exact) mass is 387 g/mol. The summed E-state index contributed by atoms with van der Waals surface area (Å²) in [6, 6.07) is 5.82. The number of hydrogen-bond acceptors (Lipinski definition) is 7. The molecule has 0 saturated carbocycles. The average molecular weight is 387 g/mol. The van der Waals surface area contributed by atoms with Crippen LogP contribution in [-0.4, -0.2) is 58.7 Å². The van der Waals surface area contributed by atoms with E-state index < -0.39 is 36.1 Å². The van der Waals surface area contributed by atoms with Crippen molar-refractivity contribution in [3.05, 3.63) is 40.3 Å². The van der Waals surface area contributed by atoms with Gasteiger partial charge in [-0.05, 0) is 32.3 Å². The minimum Gasteiger partial charge on any atom is -0.464 e. The van der Waals surface area contributed by atoms with Crippen molar-refractivity contribution in [3.8, 4) is 0 Å². The van der Waals surface area contributed by atoms with Crippen molar-refractivity contribution in [2.24, 2.45) is 0 Å². The zero-order valence-corrected chi connectivity index (χ0v) is 15.5. The van der Waals surface area contributed by atoms with Crippen molar-refractivity contribution in [2.45, 2.75) is 32.2 Å². The standard InChI is InChI=1S/C19H21N3O6/c1-2-27-18(25)14-9-5-6-10-22(14)15(23)11-28-19(26)16-12-7-3-4-8-13(12)17(24)21-20-16/h3-4,7-8,14H,2,5-6,9-11H2,1H3,(H,21,24)/t14-/m0/s1. The number of H-pyrrole nitrogens is 1. The van der Waals surface area contributed by atoms with Gasteiger partial charge in [-0.15, -0.1) is 0 Å². The number of rotatable bonds is 5. The van der Waals surface area contributed by atoms with E-state index >= 15 is 0 Å². The highest BCUT2D eigenvalue weighted by atomic mass is 16.5. The summed E-state index contributed by atoms with van der Waals surface area (Å²) in [5.41, 5.74) is -0.502. The first-order chi connectivity index (χ1) is 13.5. The van der Waals surface area contributed by atoms with Crippen molar-refractivity contribution in [2.75, 3.05) is 19.8 Å². The number of esters is 2. The van der Waals surface area contributed by atoms with Crippen LogP contribution in [-0.2, 0) is 19.1 Å². The van der Waals surface area contributed by atoms with Gasteiger partial charge in [-0.2, -0.15) is 5.10 Å². The Morgan fingerprint density at radius 3 is 2.68 bits per heavy atom. The second-order valence-electron chi connectivity index (χ2n) is 6.37. The third-order valence-electron chi connectivity index (χ3n) is 4.60. The molecular formula is C19H21N3O6. The van der Waals surface area contributed by atoms with Crippen LogP contribution in [0.15, 0.2) is 29.1 Å². The number of nitrogens with one attached hydrogen (secondary N) is 1. The first-order valence-corrected chi connectivity index (χ1v) is 9.13. The molecule has 1 N–H and O–H groups in total. The predicted octanol–water partition coefficient (Wildman–Crippen LogP) is 1.02. The number of likely N-dealkylation sites (tertiary alicyclic amines) is 1. The molecule has 1 aromatic carbocycles. The average Bonchev–Trinajstić information content (AvgIpc) is 2.72. The maximum absolute atomic E-state index is 12.5. The molecule has 0 spiro atoms. The van der Waals surface area contributed by atoms with Gasteiger partial charge in [0.25, 0.3) is 11.5 Å². The highest BCUT2D eigenvalue weighted by molar-refractivity contribution is 6.02. The van der Waals surface area contributed by atoms with Gasteiger partial charge in [-0.3, -0.25) is 9.59 Å². The van der Waals surface area contributed by atoms with E-state index in [9.17, 15) is 19.2 Å². The number of aromatic amines is 1. The normalized spacial score (nSPS) is 16.6. The van der Waals surface area contributed by atoms with E-state index in [1.54, 1.807) is 31.2 Å². The molecule has 0 unspecified atom stereocenters. The first-order valence-electron chi connectivity index (χ1n) is 9.13. The number of piperidine rings is 1. The molecule has 0 radical (unpaired) electrons. The summed E-state index contributed by atoms with van der Waals surface area (Å²) in [4.78, 5) is 50.2. The van der Waals surface area contributed by atoms with E-state index in [0.717, 1.165) is 12.8 Å².